The maximum absolute atomic E-state index is 13.0. The average Bonchev–Trinajstić information content (AvgIpc) is 3.24. The molecular weight excluding hydrogens is 448 g/mol. The van der Waals surface area contributed by atoms with Gasteiger partial charge in [-0.2, -0.15) is 5.26 Å². The molecule has 0 saturated heterocycles. The number of hydrogen-bond acceptors (Lipinski definition) is 6. The van der Waals surface area contributed by atoms with Crippen molar-refractivity contribution in [3.05, 3.63) is 71.3 Å². The van der Waals surface area contributed by atoms with Crippen LogP contribution in [0.3, 0.4) is 0 Å². The SMILES string of the molecule is N#CCCN(C(=O)CSc1ncnc2scc(-c3ccc(Cl)cc3)c12)c1ccccc1. The van der Waals surface area contributed by atoms with E-state index in [0.717, 1.165) is 32.1 Å². The Balaban J connectivity index is 1.60. The van der Waals surface area contributed by atoms with Gasteiger partial charge in [0.1, 0.15) is 16.2 Å². The van der Waals surface area contributed by atoms with E-state index >= 15 is 0 Å². The number of aromatic nitrogens is 2. The molecule has 2 aromatic heterocycles. The Morgan fingerprint density at radius 1 is 1.13 bits per heavy atom. The van der Waals surface area contributed by atoms with E-state index in [1.54, 1.807) is 16.2 Å². The zero-order valence-electron chi connectivity index (χ0n) is 16.4. The Bertz CT molecular complexity index is 1240. The smallest absolute Gasteiger partial charge is 0.237 e. The summed E-state index contributed by atoms with van der Waals surface area (Å²) >= 11 is 8.97. The minimum atomic E-state index is -0.0681. The van der Waals surface area contributed by atoms with Gasteiger partial charge in [0, 0.05) is 28.2 Å². The lowest BCUT2D eigenvalue weighted by Crippen LogP contribution is -2.33. The number of carbonyl (C=O) groups excluding carboxylic acids is 1. The molecule has 4 rings (SSSR count). The largest absolute Gasteiger partial charge is 0.311 e. The third-order valence-corrected chi connectivity index (χ3v) is 6.75. The molecule has 0 unspecified atom stereocenters. The molecule has 31 heavy (non-hydrogen) atoms. The minimum Gasteiger partial charge on any atom is -0.311 e. The van der Waals surface area contributed by atoms with E-state index in [0.29, 0.717) is 11.6 Å². The van der Waals surface area contributed by atoms with Crippen molar-refractivity contribution in [2.45, 2.75) is 11.4 Å². The minimum absolute atomic E-state index is 0.0681. The zero-order chi connectivity index (χ0) is 21.6. The fraction of sp³-hybridized carbons (Fsp3) is 0.130. The van der Waals surface area contributed by atoms with Crippen LogP contribution in [0.25, 0.3) is 21.3 Å². The van der Waals surface area contributed by atoms with Crippen LogP contribution in [-0.2, 0) is 4.79 Å². The van der Waals surface area contributed by atoms with Crippen LogP contribution in [0, 0.1) is 11.3 Å². The third kappa shape index (κ3) is 4.88. The summed E-state index contributed by atoms with van der Waals surface area (Å²) in [7, 11) is 0. The number of carbonyl (C=O) groups is 1. The van der Waals surface area contributed by atoms with E-state index in [1.807, 2.05) is 54.6 Å². The van der Waals surface area contributed by atoms with Crippen molar-refractivity contribution in [2.75, 3.05) is 17.2 Å². The van der Waals surface area contributed by atoms with E-state index in [2.05, 4.69) is 21.4 Å². The van der Waals surface area contributed by atoms with Crippen molar-refractivity contribution >= 4 is 56.5 Å². The molecule has 0 saturated carbocycles. The fourth-order valence-electron chi connectivity index (χ4n) is 3.17. The molecular formula is C23H17ClN4OS2. The van der Waals surface area contributed by atoms with Gasteiger partial charge in [-0.3, -0.25) is 4.79 Å². The van der Waals surface area contributed by atoms with Crippen molar-refractivity contribution < 1.29 is 4.79 Å². The van der Waals surface area contributed by atoms with Gasteiger partial charge in [-0.15, -0.1) is 11.3 Å². The summed E-state index contributed by atoms with van der Waals surface area (Å²) < 4.78 is 0. The zero-order valence-corrected chi connectivity index (χ0v) is 18.8. The summed E-state index contributed by atoms with van der Waals surface area (Å²) in [5.41, 5.74) is 2.84. The predicted molar refractivity (Wildman–Crippen MR) is 128 cm³/mol. The second-order valence-electron chi connectivity index (χ2n) is 6.59. The van der Waals surface area contributed by atoms with Crippen molar-refractivity contribution in [1.29, 1.82) is 5.26 Å². The number of nitrogens with zero attached hydrogens (tertiary/aromatic N) is 4. The quantitative estimate of drug-likeness (QED) is 0.246. The molecule has 8 heteroatoms. The molecule has 0 atom stereocenters. The van der Waals surface area contributed by atoms with Crippen LogP contribution in [0.15, 0.2) is 71.3 Å². The van der Waals surface area contributed by atoms with E-state index in [9.17, 15) is 4.79 Å². The lowest BCUT2D eigenvalue weighted by atomic mass is 10.1. The van der Waals surface area contributed by atoms with Crippen LogP contribution >= 0.6 is 34.7 Å². The second-order valence-corrected chi connectivity index (χ2v) is 8.85. The molecule has 0 radical (unpaired) electrons. The standard InChI is InChI=1S/C23H17ClN4OS2/c24-17-9-7-16(8-10-17)19-13-30-22-21(19)23(27-15-26-22)31-14-20(29)28(12-4-11-25)18-5-2-1-3-6-18/h1-3,5-10,13,15H,4,12,14H2. The molecule has 0 aliphatic heterocycles. The maximum Gasteiger partial charge on any atom is 0.237 e. The van der Waals surface area contributed by atoms with Gasteiger partial charge < -0.3 is 4.90 Å². The normalized spacial score (nSPS) is 10.7. The number of halogens is 1. The van der Waals surface area contributed by atoms with Gasteiger partial charge in [-0.05, 0) is 29.8 Å². The highest BCUT2D eigenvalue weighted by atomic mass is 35.5. The Morgan fingerprint density at radius 2 is 1.90 bits per heavy atom. The Morgan fingerprint density at radius 3 is 2.65 bits per heavy atom. The summed E-state index contributed by atoms with van der Waals surface area (Å²) in [5.74, 6) is 0.143. The predicted octanol–water partition coefficient (Wildman–Crippen LogP) is 6.05. The first-order chi connectivity index (χ1) is 15.2. The number of thiophene rings is 1. The highest BCUT2D eigenvalue weighted by molar-refractivity contribution is 8.00. The molecule has 2 heterocycles. The molecule has 1 amide bonds. The van der Waals surface area contributed by atoms with Gasteiger partial charge in [0.25, 0.3) is 0 Å². The van der Waals surface area contributed by atoms with Crippen LogP contribution in [0.2, 0.25) is 5.02 Å². The molecule has 0 N–H and O–H groups in total. The van der Waals surface area contributed by atoms with E-state index in [4.69, 9.17) is 16.9 Å². The van der Waals surface area contributed by atoms with Crippen molar-refractivity contribution in [1.82, 2.24) is 9.97 Å². The third-order valence-electron chi connectivity index (χ3n) is 4.64. The van der Waals surface area contributed by atoms with Crippen LogP contribution in [0.5, 0.6) is 0 Å². The summed E-state index contributed by atoms with van der Waals surface area (Å²) in [4.78, 5) is 24.4. The molecule has 2 aromatic carbocycles. The summed E-state index contributed by atoms with van der Waals surface area (Å²) in [6, 6.07) is 19.2. The molecule has 4 aromatic rings. The molecule has 5 nitrogen and oxygen atoms in total. The maximum atomic E-state index is 13.0. The van der Waals surface area contributed by atoms with Crippen molar-refractivity contribution in [3.8, 4) is 17.2 Å². The van der Waals surface area contributed by atoms with Crippen molar-refractivity contribution in [2.24, 2.45) is 0 Å². The first-order valence-electron chi connectivity index (χ1n) is 9.50. The number of rotatable bonds is 7. The molecule has 0 spiro atoms. The van der Waals surface area contributed by atoms with Gasteiger partial charge in [-0.1, -0.05) is 53.7 Å². The number of benzene rings is 2. The number of nitriles is 1. The first-order valence-corrected chi connectivity index (χ1v) is 11.7. The molecule has 0 fully saturated rings. The summed E-state index contributed by atoms with van der Waals surface area (Å²) in [6.45, 7) is 0.355. The number of para-hydroxylation sites is 1. The Labute approximate surface area is 193 Å². The fourth-order valence-corrected chi connectivity index (χ4v) is 5.17. The second kappa shape index (κ2) is 9.92. The monoisotopic (exact) mass is 464 g/mol. The molecule has 0 bridgehead atoms. The van der Waals surface area contributed by atoms with Gasteiger partial charge in [0.2, 0.25) is 5.91 Å². The highest BCUT2D eigenvalue weighted by Crippen LogP contribution is 2.38. The van der Waals surface area contributed by atoms with Crippen molar-refractivity contribution in [3.63, 3.8) is 0 Å². The first kappa shape index (κ1) is 21.3. The van der Waals surface area contributed by atoms with Gasteiger partial charge >= 0.3 is 0 Å². The summed E-state index contributed by atoms with van der Waals surface area (Å²) in [6.07, 6.45) is 1.80. The highest BCUT2D eigenvalue weighted by Gasteiger charge is 2.18. The van der Waals surface area contributed by atoms with Gasteiger partial charge in [0.05, 0.1) is 23.6 Å². The lowest BCUT2D eigenvalue weighted by Gasteiger charge is -2.21. The van der Waals surface area contributed by atoms with E-state index in [-0.39, 0.29) is 18.1 Å². The Hall–Kier alpha value is -2.92. The van der Waals surface area contributed by atoms with Crippen LogP contribution < -0.4 is 4.90 Å². The average molecular weight is 465 g/mol. The number of thioether (sulfide) groups is 1. The summed E-state index contributed by atoms with van der Waals surface area (Å²) in [5, 5.41) is 13.4. The Kier molecular flexibility index (Phi) is 6.82. The number of amides is 1. The van der Waals surface area contributed by atoms with Crippen LogP contribution in [-0.4, -0.2) is 28.2 Å². The lowest BCUT2D eigenvalue weighted by molar-refractivity contribution is -0.116. The topological polar surface area (TPSA) is 69.9 Å². The van der Waals surface area contributed by atoms with Gasteiger partial charge in [-0.25, -0.2) is 9.97 Å². The van der Waals surface area contributed by atoms with E-state index in [1.165, 1.54) is 18.1 Å². The van der Waals surface area contributed by atoms with Crippen LogP contribution in [0.1, 0.15) is 6.42 Å². The van der Waals surface area contributed by atoms with Crippen LogP contribution in [0.4, 0.5) is 5.69 Å². The number of anilines is 1. The molecule has 0 aliphatic rings. The van der Waals surface area contributed by atoms with Gasteiger partial charge in [0.15, 0.2) is 0 Å². The number of fused-ring (bicyclic) bond motifs is 1. The molecule has 154 valence electrons. The molecule has 0 aliphatic carbocycles. The van der Waals surface area contributed by atoms with E-state index < -0.39 is 0 Å². The number of hydrogen-bond donors (Lipinski definition) is 0.